The molecule has 2 aliphatic heterocycles. The van der Waals surface area contributed by atoms with Crippen LogP contribution in [-0.4, -0.2) is 19.0 Å². The average molecular weight is 204 g/mol. The highest BCUT2D eigenvalue weighted by Gasteiger charge is 2.47. The van der Waals surface area contributed by atoms with Crippen LogP contribution in [-0.2, 0) is 15.4 Å². The zero-order valence-corrected chi connectivity index (χ0v) is 8.46. The molecule has 1 aromatic rings. The molecule has 0 atom stereocenters. The second-order valence-electron chi connectivity index (χ2n) is 3.81. The van der Waals surface area contributed by atoms with Crippen molar-refractivity contribution >= 4 is 5.84 Å². The topological polar surface area (TPSA) is 54.3 Å². The lowest BCUT2D eigenvalue weighted by Gasteiger charge is -2.22. The number of fused-ring (bicyclic) bond motifs is 2. The van der Waals surface area contributed by atoms with E-state index in [0.717, 1.165) is 16.7 Å². The van der Waals surface area contributed by atoms with Crippen molar-refractivity contribution in [3.8, 4) is 0 Å². The lowest BCUT2D eigenvalue weighted by Crippen LogP contribution is -2.40. The van der Waals surface area contributed by atoms with E-state index in [4.69, 9.17) is 14.9 Å². The fourth-order valence-corrected chi connectivity index (χ4v) is 2.21. The van der Waals surface area contributed by atoms with Crippen molar-refractivity contribution < 1.29 is 9.47 Å². The molecule has 0 aromatic heterocycles. The lowest BCUT2D eigenvalue weighted by molar-refractivity contribution is -0.173. The number of benzene rings is 1. The third-order valence-electron chi connectivity index (χ3n) is 2.86. The summed E-state index contributed by atoms with van der Waals surface area (Å²) in [5.41, 5.74) is 2.89. The van der Waals surface area contributed by atoms with E-state index in [-0.39, 0.29) is 0 Å². The molecule has 1 fully saturated rings. The Bertz CT molecular complexity index is 436. The molecule has 0 radical (unpaired) electrons. The molecule has 0 unspecified atom stereocenters. The summed E-state index contributed by atoms with van der Waals surface area (Å²) >= 11 is 0. The highest BCUT2D eigenvalue weighted by Crippen LogP contribution is 2.37. The van der Waals surface area contributed by atoms with Crippen molar-refractivity contribution in [1.82, 2.24) is 5.32 Å². The molecule has 4 nitrogen and oxygen atoms in total. The summed E-state index contributed by atoms with van der Waals surface area (Å²) in [6.07, 6.45) is 0. The fraction of sp³-hybridized carbons (Fsp3) is 0.364. The quantitative estimate of drug-likeness (QED) is 0.665. The fourth-order valence-electron chi connectivity index (χ4n) is 2.21. The molecule has 1 aromatic carbocycles. The van der Waals surface area contributed by atoms with Crippen molar-refractivity contribution in [3.05, 3.63) is 34.9 Å². The van der Waals surface area contributed by atoms with Crippen molar-refractivity contribution in [2.75, 3.05) is 13.2 Å². The van der Waals surface area contributed by atoms with Crippen LogP contribution in [0.1, 0.15) is 16.7 Å². The van der Waals surface area contributed by atoms with Crippen LogP contribution in [0.2, 0.25) is 0 Å². The van der Waals surface area contributed by atoms with Crippen LogP contribution in [0, 0.1) is 12.3 Å². The van der Waals surface area contributed by atoms with Gasteiger partial charge >= 0.3 is 0 Å². The highest BCUT2D eigenvalue weighted by molar-refractivity contribution is 6.02. The van der Waals surface area contributed by atoms with E-state index in [2.05, 4.69) is 5.32 Å². The van der Waals surface area contributed by atoms with E-state index in [0.29, 0.717) is 19.0 Å². The maximum absolute atomic E-state index is 7.89. The SMILES string of the molecule is Cc1cccc2c1C(=N)NC21OCCO1. The van der Waals surface area contributed by atoms with Crippen LogP contribution in [0.25, 0.3) is 0 Å². The molecule has 1 saturated heterocycles. The minimum absolute atomic E-state index is 0.380. The number of nitrogens with one attached hydrogen (secondary N) is 2. The van der Waals surface area contributed by atoms with Gasteiger partial charge in [0.05, 0.1) is 13.2 Å². The van der Waals surface area contributed by atoms with Crippen molar-refractivity contribution in [3.63, 3.8) is 0 Å². The molecule has 2 N–H and O–H groups in total. The van der Waals surface area contributed by atoms with Crippen molar-refractivity contribution in [1.29, 1.82) is 5.41 Å². The molecule has 2 heterocycles. The summed E-state index contributed by atoms with van der Waals surface area (Å²) < 4.78 is 11.2. The molecular weight excluding hydrogens is 192 g/mol. The van der Waals surface area contributed by atoms with Crippen molar-refractivity contribution in [2.24, 2.45) is 0 Å². The summed E-state index contributed by atoms with van der Waals surface area (Å²) in [6, 6.07) is 5.90. The van der Waals surface area contributed by atoms with E-state index in [1.54, 1.807) is 0 Å². The largest absolute Gasteiger partial charge is 0.327 e. The number of aryl methyl sites for hydroxylation is 1. The zero-order chi connectivity index (χ0) is 10.5. The van der Waals surface area contributed by atoms with Gasteiger partial charge in [-0.3, -0.25) is 5.41 Å². The standard InChI is InChI=1S/C11H12N2O2/c1-7-3-2-4-8-9(7)10(12)13-11(8)14-5-6-15-11/h2-4H,5-6H2,1H3,(H2,12,13). The van der Waals surface area contributed by atoms with E-state index in [1.165, 1.54) is 0 Å². The smallest absolute Gasteiger partial charge is 0.279 e. The van der Waals surface area contributed by atoms with Gasteiger partial charge in [-0.25, -0.2) is 0 Å². The van der Waals surface area contributed by atoms with Gasteiger partial charge < -0.3 is 14.8 Å². The third-order valence-corrected chi connectivity index (χ3v) is 2.86. The molecule has 0 bridgehead atoms. The Labute approximate surface area is 87.7 Å². The third kappa shape index (κ3) is 1.06. The Balaban J connectivity index is 2.22. The van der Waals surface area contributed by atoms with Gasteiger partial charge in [0.1, 0.15) is 5.84 Å². The molecule has 0 saturated carbocycles. The molecular formula is C11H12N2O2. The maximum Gasteiger partial charge on any atom is 0.279 e. The first-order valence-electron chi connectivity index (χ1n) is 4.98. The first-order valence-corrected chi connectivity index (χ1v) is 4.98. The molecule has 15 heavy (non-hydrogen) atoms. The summed E-state index contributed by atoms with van der Waals surface area (Å²) in [5.74, 6) is -0.511. The molecule has 2 aliphatic rings. The first kappa shape index (κ1) is 8.88. The monoisotopic (exact) mass is 204 g/mol. The van der Waals surface area contributed by atoms with E-state index in [1.807, 2.05) is 25.1 Å². The molecule has 1 spiro atoms. The first-order chi connectivity index (χ1) is 7.23. The Morgan fingerprint density at radius 3 is 2.80 bits per heavy atom. The van der Waals surface area contributed by atoms with Gasteiger partial charge in [-0.1, -0.05) is 18.2 Å². The van der Waals surface area contributed by atoms with Crippen LogP contribution < -0.4 is 5.32 Å². The van der Waals surface area contributed by atoms with Crippen LogP contribution in [0.4, 0.5) is 0 Å². The van der Waals surface area contributed by atoms with Crippen LogP contribution in [0.15, 0.2) is 18.2 Å². The molecule has 78 valence electrons. The second kappa shape index (κ2) is 2.81. The van der Waals surface area contributed by atoms with Crippen LogP contribution in [0.5, 0.6) is 0 Å². The molecule has 0 aliphatic carbocycles. The summed E-state index contributed by atoms with van der Waals surface area (Å²) in [7, 11) is 0. The Kier molecular flexibility index (Phi) is 1.66. The highest BCUT2D eigenvalue weighted by atomic mass is 16.8. The average Bonchev–Trinajstić information content (AvgIpc) is 2.76. The van der Waals surface area contributed by atoms with E-state index in [9.17, 15) is 0 Å². The van der Waals surface area contributed by atoms with Crippen molar-refractivity contribution in [2.45, 2.75) is 12.8 Å². The number of hydrogen-bond acceptors (Lipinski definition) is 3. The minimum atomic E-state index is -0.890. The Morgan fingerprint density at radius 1 is 1.33 bits per heavy atom. The second-order valence-corrected chi connectivity index (χ2v) is 3.81. The van der Waals surface area contributed by atoms with Gasteiger partial charge in [-0.15, -0.1) is 0 Å². The van der Waals surface area contributed by atoms with Crippen LogP contribution >= 0.6 is 0 Å². The number of hydrogen-bond donors (Lipinski definition) is 2. The van der Waals surface area contributed by atoms with Crippen LogP contribution in [0.3, 0.4) is 0 Å². The lowest BCUT2D eigenvalue weighted by atomic mass is 10.0. The van der Waals surface area contributed by atoms with E-state index >= 15 is 0 Å². The molecule has 3 rings (SSSR count). The number of rotatable bonds is 0. The van der Waals surface area contributed by atoms with E-state index < -0.39 is 5.91 Å². The van der Waals surface area contributed by atoms with Gasteiger partial charge in [0, 0.05) is 11.1 Å². The predicted molar refractivity (Wildman–Crippen MR) is 54.7 cm³/mol. The van der Waals surface area contributed by atoms with Gasteiger partial charge in [0.15, 0.2) is 0 Å². The minimum Gasteiger partial charge on any atom is -0.327 e. The predicted octanol–water partition coefficient (Wildman–Crippen LogP) is 1.08. The van der Waals surface area contributed by atoms with Gasteiger partial charge in [-0.2, -0.15) is 0 Å². The summed E-state index contributed by atoms with van der Waals surface area (Å²) in [6.45, 7) is 3.12. The van der Waals surface area contributed by atoms with Gasteiger partial charge in [0.2, 0.25) is 0 Å². The molecule has 0 amide bonds. The van der Waals surface area contributed by atoms with Gasteiger partial charge in [-0.05, 0) is 12.5 Å². The normalized spacial score (nSPS) is 21.8. The zero-order valence-electron chi connectivity index (χ0n) is 8.46. The maximum atomic E-state index is 7.89. The molecule has 4 heteroatoms. The Morgan fingerprint density at radius 2 is 2.07 bits per heavy atom. The number of amidine groups is 1. The summed E-state index contributed by atoms with van der Waals surface area (Å²) in [5, 5.41) is 10.9. The summed E-state index contributed by atoms with van der Waals surface area (Å²) in [4.78, 5) is 0. The number of ether oxygens (including phenoxy) is 2. The Hall–Kier alpha value is -1.39. The van der Waals surface area contributed by atoms with Gasteiger partial charge in [0.25, 0.3) is 5.91 Å².